The highest BCUT2D eigenvalue weighted by molar-refractivity contribution is 5.77. The molecule has 1 aliphatic rings. The number of aromatic amines is 1. The third-order valence-corrected chi connectivity index (χ3v) is 3.66. The molecule has 6 nitrogen and oxygen atoms in total. The van der Waals surface area contributed by atoms with Gasteiger partial charge in [0.1, 0.15) is 5.82 Å². The molecule has 6 heteroatoms. The lowest BCUT2D eigenvalue weighted by atomic mass is 10.0. The van der Waals surface area contributed by atoms with Gasteiger partial charge in [-0.1, -0.05) is 0 Å². The van der Waals surface area contributed by atoms with Crippen molar-refractivity contribution in [1.82, 2.24) is 14.9 Å². The molecule has 0 radical (unpaired) electrons. The summed E-state index contributed by atoms with van der Waals surface area (Å²) in [5.74, 6) is 0.681. The second kappa shape index (κ2) is 7.07. The lowest BCUT2D eigenvalue weighted by Gasteiger charge is -2.34. The molecule has 1 atom stereocenters. The van der Waals surface area contributed by atoms with Crippen molar-refractivity contribution in [3.05, 3.63) is 18.2 Å². The van der Waals surface area contributed by atoms with Crippen molar-refractivity contribution in [2.75, 3.05) is 13.7 Å². The fourth-order valence-electron chi connectivity index (χ4n) is 2.60. The van der Waals surface area contributed by atoms with Gasteiger partial charge in [0.2, 0.25) is 5.91 Å². The molecular formula is C14H21N3O3. The maximum Gasteiger partial charge on any atom is 0.305 e. The van der Waals surface area contributed by atoms with Crippen molar-refractivity contribution >= 4 is 11.9 Å². The summed E-state index contributed by atoms with van der Waals surface area (Å²) in [7, 11) is 1.36. The summed E-state index contributed by atoms with van der Waals surface area (Å²) >= 11 is 0. The molecule has 0 aromatic carbocycles. The molecule has 20 heavy (non-hydrogen) atoms. The number of esters is 1. The number of nitrogens with zero attached hydrogens (tertiary/aromatic N) is 2. The average Bonchev–Trinajstić information content (AvgIpc) is 3.01. The van der Waals surface area contributed by atoms with Crippen molar-refractivity contribution < 1.29 is 14.3 Å². The van der Waals surface area contributed by atoms with Gasteiger partial charge in [-0.2, -0.15) is 0 Å². The molecular weight excluding hydrogens is 258 g/mol. The summed E-state index contributed by atoms with van der Waals surface area (Å²) in [5, 5.41) is 0. The number of carbonyl (C=O) groups is 2. The number of H-pyrrole nitrogens is 1. The Morgan fingerprint density at radius 2 is 2.30 bits per heavy atom. The van der Waals surface area contributed by atoms with Gasteiger partial charge < -0.3 is 14.6 Å². The first-order valence-corrected chi connectivity index (χ1v) is 7.08. The molecule has 2 heterocycles. The Kier molecular flexibility index (Phi) is 5.15. The van der Waals surface area contributed by atoms with E-state index < -0.39 is 0 Å². The van der Waals surface area contributed by atoms with Gasteiger partial charge in [0.15, 0.2) is 0 Å². The summed E-state index contributed by atoms with van der Waals surface area (Å²) in [6, 6.07) is 0.0457. The Labute approximate surface area is 118 Å². The summed E-state index contributed by atoms with van der Waals surface area (Å²) in [4.78, 5) is 32.6. The maximum atomic E-state index is 12.3. The van der Waals surface area contributed by atoms with Crippen LogP contribution in [0, 0.1) is 0 Å². The molecule has 0 spiro atoms. The van der Waals surface area contributed by atoms with Crippen LogP contribution in [0.2, 0.25) is 0 Å². The minimum atomic E-state index is -0.265. The number of nitrogens with one attached hydrogen (secondary N) is 1. The standard InChI is InChI=1S/C14H21N3O3/c1-20-13(19)7-4-6-12(18)17-10-3-2-5-11(17)14-15-8-9-16-14/h8-9,11H,2-7,10H2,1H3,(H,15,16)/t11-/m0/s1. The maximum absolute atomic E-state index is 12.3. The van der Waals surface area contributed by atoms with Crippen LogP contribution < -0.4 is 0 Å². The van der Waals surface area contributed by atoms with Crippen LogP contribution in [0.4, 0.5) is 0 Å². The fraction of sp³-hybridized carbons (Fsp3) is 0.643. The molecule has 1 aliphatic heterocycles. The minimum absolute atomic E-state index is 0.0457. The molecule has 1 aromatic rings. The first-order chi connectivity index (χ1) is 9.72. The zero-order valence-corrected chi connectivity index (χ0v) is 11.8. The van der Waals surface area contributed by atoms with E-state index in [0.29, 0.717) is 19.3 Å². The highest BCUT2D eigenvalue weighted by Gasteiger charge is 2.29. The number of hydrogen-bond acceptors (Lipinski definition) is 4. The predicted molar refractivity (Wildman–Crippen MR) is 72.8 cm³/mol. The minimum Gasteiger partial charge on any atom is -0.469 e. The van der Waals surface area contributed by atoms with E-state index in [1.807, 2.05) is 4.90 Å². The summed E-state index contributed by atoms with van der Waals surface area (Å²) < 4.78 is 4.58. The number of likely N-dealkylation sites (tertiary alicyclic amines) is 1. The number of ether oxygens (including phenoxy) is 1. The molecule has 110 valence electrons. The van der Waals surface area contributed by atoms with Crippen LogP contribution in [0.3, 0.4) is 0 Å². The van der Waals surface area contributed by atoms with Crippen molar-refractivity contribution in [2.45, 2.75) is 44.6 Å². The fourth-order valence-corrected chi connectivity index (χ4v) is 2.60. The topological polar surface area (TPSA) is 75.3 Å². The lowest BCUT2D eigenvalue weighted by molar-refractivity contribution is -0.141. The number of imidazole rings is 1. The molecule has 0 saturated carbocycles. The molecule has 1 aromatic heterocycles. The van der Waals surface area contributed by atoms with Gasteiger partial charge in [0, 0.05) is 31.8 Å². The molecule has 2 rings (SSSR count). The first kappa shape index (κ1) is 14.6. The van der Waals surface area contributed by atoms with Gasteiger partial charge in [-0.3, -0.25) is 9.59 Å². The zero-order valence-electron chi connectivity index (χ0n) is 11.8. The SMILES string of the molecule is COC(=O)CCCC(=O)N1CCCC[C@H]1c1ncc[nH]1. The largest absolute Gasteiger partial charge is 0.469 e. The van der Waals surface area contributed by atoms with Gasteiger partial charge in [-0.25, -0.2) is 4.98 Å². The van der Waals surface area contributed by atoms with Crippen molar-refractivity contribution in [1.29, 1.82) is 0 Å². The Hall–Kier alpha value is -1.85. The highest BCUT2D eigenvalue weighted by atomic mass is 16.5. The Morgan fingerprint density at radius 1 is 1.45 bits per heavy atom. The van der Waals surface area contributed by atoms with Crippen LogP contribution in [0.25, 0.3) is 0 Å². The molecule has 1 amide bonds. The third kappa shape index (κ3) is 3.59. The van der Waals surface area contributed by atoms with E-state index in [1.165, 1.54) is 7.11 Å². The van der Waals surface area contributed by atoms with E-state index in [1.54, 1.807) is 12.4 Å². The molecule has 1 saturated heterocycles. The second-order valence-electron chi connectivity index (χ2n) is 5.00. The zero-order chi connectivity index (χ0) is 14.4. The molecule has 0 aliphatic carbocycles. The van der Waals surface area contributed by atoms with Crippen LogP contribution in [-0.4, -0.2) is 40.4 Å². The number of hydrogen-bond donors (Lipinski definition) is 1. The summed E-state index contributed by atoms with van der Waals surface area (Å²) in [6.07, 6.45) is 7.78. The summed E-state index contributed by atoms with van der Waals surface area (Å²) in [6.45, 7) is 0.766. The first-order valence-electron chi connectivity index (χ1n) is 7.08. The smallest absolute Gasteiger partial charge is 0.305 e. The quantitative estimate of drug-likeness (QED) is 0.834. The normalized spacial score (nSPS) is 18.9. The lowest BCUT2D eigenvalue weighted by Crippen LogP contribution is -2.38. The monoisotopic (exact) mass is 279 g/mol. The van der Waals surface area contributed by atoms with Gasteiger partial charge in [0.05, 0.1) is 13.2 Å². The van der Waals surface area contributed by atoms with E-state index in [9.17, 15) is 9.59 Å². The van der Waals surface area contributed by atoms with Gasteiger partial charge in [0.25, 0.3) is 0 Å². The Bertz CT molecular complexity index is 445. The Balaban J connectivity index is 1.91. The molecule has 0 bridgehead atoms. The van der Waals surface area contributed by atoms with E-state index in [-0.39, 0.29) is 17.9 Å². The van der Waals surface area contributed by atoms with Gasteiger partial charge in [-0.15, -0.1) is 0 Å². The molecule has 0 unspecified atom stereocenters. The second-order valence-corrected chi connectivity index (χ2v) is 5.00. The van der Waals surface area contributed by atoms with Crippen LogP contribution in [0.1, 0.15) is 50.4 Å². The van der Waals surface area contributed by atoms with Crippen molar-refractivity contribution in [2.24, 2.45) is 0 Å². The van der Waals surface area contributed by atoms with Crippen LogP contribution in [0.15, 0.2) is 12.4 Å². The number of methoxy groups -OCH3 is 1. The number of rotatable bonds is 5. The number of piperidine rings is 1. The predicted octanol–water partition coefficient (Wildman–Crippen LogP) is 1.81. The number of amides is 1. The molecule has 1 fully saturated rings. The van der Waals surface area contributed by atoms with Crippen LogP contribution in [-0.2, 0) is 14.3 Å². The van der Waals surface area contributed by atoms with Crippen LogP contribution >= 0.6 is 0 Å². The van der Waals surface area contributed by atoms with Crippen molar-refractivity contribution in [3.8, 4) is 0 Å². The van der Waals surface area contributed by atoms with E-state index in [2.05, 4.69) is 14.7 Å². The van der Waals surface area contributed by atoms with E-state index in [4.69, 9.17) is 0 Å². The average molecular weight is 279 g/mol. The van der Waals surface area contributed by atoms with E-state index in [0.717, 1.165) is 31.6 Å². The third-order valence-electron chi connectivity index (χ3n) is 3.66. The van der Waals surface area contributed by atoms with Crippen LogP contribution in [0.5, 0.6) is 0 Å². The van der Waals surface area contributed by atoms with E-state index >= 15 is 0 Å². The Morgan fingerprint density at radius 3 is 3.00 bits per heavy atom. The van der Waals surface area contributed by atoms with Crippen molar-refractivity contribution in [3.63, 3.8) is 0 Å². The summed E-state index contributed by atoms with van der Waals surface area (Å²) in [5.41, 5.74) is 0. The van der Waals surface area contributed by atoms with Gasteiger partial charge >= 0.3 is 5.97 Å². The van der Waals surface area contributed by atoms with Gasteiger partial charge in [-0.05, 0) is 25.7 Å². The highest BCUT2D eigenvalue weighted by Crippen LogP contribution is 2.29. The number of carbonyl (C=O) groups excluding carboxylic acids is 2. The molecule has 1 N–H and O–H groups in total. The number of aromatic nitrogens is 2.